The van der Waals surface area contributed by atoms with Crippen molar-refractivity contribution in [2.45, 2.75) is 39.2 Å². The maximum atomic E-state index is 4.27. The van der Waals surface area contributed by atoms with Crippen LogP contribution >= 0.6 is 0 Å². The minimum atomic E-state index is 0.549. The number of aromatic nitrogens is 2. The van der Waals surface area contributed by atoms with Crippen LogP contribution in [0.3, 0.4) is 0 Å². The molecule has 0 bridgehead atoms. The van der Waals surface area contributed by atoms with Crippen LogP contribution in [0.5, 0.6) is 0 Å². The Kier molecular flexibility index (Phi) is 3.82. The zero-order chi connectivity index (χ0) is 12.3. The molecule has 0 spiro atoms. The fraction of sp³-hybridized carbons (Fsp3) is 0.692. The van der Waals surface area contributed by atoms with Gasteiger partial charge in [0, 0.05) is 19.2 Å². The average Bonchev–Trinajstić information content (AvgIpc) is 2.28. The van der Waals surface area contributed by atoms with Gasteiger partial charge in [0.05, 0.1) is 0 Å². The SMILES string of the molecule is CNc1cc(NC2CC(C)CC(C)C2)ncn1. The van der Waals surface area contributed by atoms with Gasteiger partial charge in [-0.3, -0.25) is 0 Å². The standard InChI is InChI=1S/C13H22N4/c1-9-4-10(2)6-11(5-9)17-13-7-12(14-3)15-8-16-13/h7-11H,4-6H2,1-3H3,(H2,14,15,16,17). The third kappa shape index (κ3) is 3.32. The predicted molar refractivity (Wildman–Crippen MR) is 71.2 cm³/mol. The van der Waals surface area contributed by atoms with Gasteiger partial charge in [-0.1, -0.05) is 13.8 Å². The van der Waals surface area contributed by atoms with Crippen molar-refractivity contribution in [3.05, 3.63) is 12.4 Å². The van der Waals surface area contributed by atoms with Gasteiger partial charge >= 0.3 is 0 Å². The highest BCUT2D eigenvalue weighted by Gasteiger charge is 2.23. The fourth-order valence-electron chi connectivity index (χ4n) is 2.85. The lowest BCUT2D eigenvalue weighted by atomic mass is 9.80. The van der Waals surface area contributed by atoms with Gasteiger partial charge in [0.1, 0.15) is 18.0 Å². The first-order valence-electron chi connectivity index (χ1n) is 6.43. The quantitative estimate of drug-likeness (QED) is 0.844. The van der Waals surface area contributed by atoms with Gasteiger partial charge in [-0.15, -0.1) is 0 Å². The topological polar surface area (TPSA) is 49.8 Å². The normalized spacial score (nSPS) is 28.8. The molecule has 2 N–H and O–H groups in total. The molecule has 17 heavy (non-hydrogen) atoms. The Morgan fingerprint density at radius 3 is 2.35 bits per heavy atom. The van der Waals surface area contributed by atoms with Crippen LogP contribution in [0, 0.1) is 11.8 Å². The van der Waals surface area contributed by atoms with Crippen molar-refractivity contribution in [2.24, 2.45) is 11.8 Å². The highest BCUT2D eigenvalue weighted by molar-refractivity contribution is 5.46. The first kappa shape index (κ1) is 12.1. The number of hydrogen-bond acceptors (Lipinski definition) is 4. The average molecular weight is 234 g/mol. The molecule has 2 atom stereocenters. The second-order valence-corrected chi connectivity index (χ2v) is 5.30. The highest BCUT2D eigenvalue weighted by atomic mass is 15.1. The molecule has 0 amide bonds. The van der Waals surface area contributed by atoms with E-state index in [1.807, 2.05) is 13.1 Å². The molecule has 0 radical (unpaired) electrons. The lowest BCUT2D eigenvalue weighted by molar-refractivity contribution is 0.280. The van der Waals surface area contributed by atoms with Gasteiger partial charge < -0.3 is 10.6 Å². The van der Waals surface area contributed by atoms with E-state index in [9.17, 15) is 0 Å². The largest absolute Gasteiger partial charge is 0.373 e. The van der Waals surface area contributed by atoms with E-state index in [1.54, 1.807) is 6.33 Å². The molecule has 0 aromatic carbocycles. The molecule has 1 fully saturated rings. The molecule has 2 unspecified atom stereocenters. The number of rotatable bonds is 3. The summed E-state index contributed by atoms with van der Waals surface area (Å²) in [6, 6.07) is 2.51. The maximum absolute atomic E-state index is 4.27. The van der Waals surface area contributed by atoms with Gasteiger partial charge in [0.15, 0.2) is 0 Å². The summed E-state index contributed by atoms with van der Waals surface area (Å²) in [7, 11) is 1.87. The predicted octanol–water partition coefficient (Wildman–Crippen LogP) is 2.75. The van der Waals surface area contributed by atoms with E-state index in [0.29, 0.717) is 6.04 Å². The van der Waals surface area contributed by atoms with Gasteiger partial charge in [-0.05, 0) is 31.1 Å². The van der Waals surface area contributed by atoms with Crippen LogP contribution in [0.2, 0.25) is 0 Å². The Morgan fingerprint density at radius 2 is 1.71 bits per heavy atom. The fourth-order valence-corrected chi connectivity index (χ4v) is 2.85. The smallest absolute Gasteiger partial charge is 0.131 e. The van der Waals surface area contributed by atoms with Gasteiger partial charge in [-0.25, -0.2) is 9.97 Å². The van der Waals surface area contributed by atoms with Crippen molar-refractivity contribution < 1.29 is 0 Å². The molecule has 0 aliphatic heterocycles. The summed E-state index contributed by atoms with van der Waals surface area (Å²) >= 11 is 0. The minimum absolute atomic E-state index is 0.549. The van der Waals surface area contributed by atoms with Crippen molar-refractivity contribution in [3.8, 4) is 0 Å². The van der Waals surface area contributed by atoms with Crippen LogP contribution in [0.25, 0.3) is 0 Å². The molecule has 1 aliphatic rings. The third-order valence-electron chi connectivity index (χ3n) is 3.45. The number of anilines is 2. The summed E-state index contributed by atoms with van der Waals surface area (Å²) in [4.78, 5) is 8.39. The summed E-state index contributed by atoms with van der Waals surface area (Å²) < 4.78 is 0. The highest BCUT2D eigenvalue weighted by Crippen LogP contribution is 2.30. The van der Waals surface area contributed by atoms with E-state index in [1.165, 1.54) is 19.3 Å². The Bertz CT molecular complexity index is 356. The van der Waals surface area contributed by atoms with Gasteiger partial charge in [-0.2, -0.15) is 0 Å². The second-order valence-electron chi connectivity index (χ2n) is 5.30. The van der Waals surface area contributed by atoms with Crippen molar-refractivity contribution in [3.63, 3.8) is 0 Å². The van der Waals surface area contributed by atoms with Crippen LogP contribution < -0.4 is 10.6 Å². The van der Waals surface area contributed by atoms with E-state index < -0.39 is 0 Å². The zero-order valence-corrected chi connectivity index (χ0v) is 10.9. The molecule has 1 aromatic heterocycles. The summed E-state index contributed by atoms with van der Waals surface area (Å²) in [5.41, 5.74) is 0. The molecule has 4 nitrogen and oxygen atoms in total. The van der Waals surface area contributed by atoms with Crippen molar-refractivity contribution >= 4 is 11.6 Å². The summed E-state index contributed by atoms with van der Waals surface area (Å²) in [6.07, 6.45) is 5.43. The molecule has 0 saturated heterocycles. The van der Waals surface area contributed by atoms with Crippen molar-refractivity contribution in [1.29, 1.82) is 0 Å². The molecule has 1 aromatic rings. The molecule has 1 heterocycles. The summed E-state index contributed by atoms with van der Waals surface area (Å²) in [5.74, 6) is 3.40. The van der Waals surface area contributed by atoms with E-state index in [-0.39, 0.29) is 0 Å². The lowest BCUT2D eigenvalue weighted by Gasteiger charge is -2.32. The summed E-state index contributed by atoms with van der Waals surface area (Å²) in [6.45, 7) is 4.67. The molecule has 2 rings (SSSR count). The van der Waals surface area contributed by atoms with Gasteiger partial charge in [0.25, 0.3) is 0 Å². The Hall–Kier alpha value is -1.32. The minimum Gasteiger partial charge on any atom is -0.373 e. The lowest BCUT2D eigenvalue weighted by Crippen LogP contribution is -2.30. The molecule has 1 aliphatic carbocycles. The molecular formula is C13H22N4. The molecule has 1 saturated carbocycles. The van der Waals surface area contributed by atoms with Crippen LogP contribution in [0.15, 0.2) is 12.4 Å². The van der Waals surface area contributed by atoms with Crippen LogP contribution in [-0.4, -0.2) is 23.1 Å². The summed E-state index contributed by atoms with van der Waals surface area (Å²) in [5, 5.41) is 6.56. The molecular weight excluding hydrogens is 212 g/mol. The van der Waals surface area contributed by atoms with Gasteiger partial charge in [0.2, 0.25) is 0 Å². The van der Waals surface area contributed by atoms with Crippen LogP contribution in [0.1, 0.15) is 33.1 Å². The second kappa shape index (κ2) is 5.34. The van der Waals surface area contributed by atoms with Crippen LogP contribution in [0.4, 0.5) is 11.6 Å². The maximum Gasteiger partial charge on any atom is 0.131 e. The van der Waals surface area contributed by atoms with E-state index in [4.69, 9.17) is 0 Å². The molecule has 94 valence electrons. The zero-order valence-electron chi connectivity index (χ0n) is 10.9. The number of hydrogen-bond donors (Lipinski definition) is 2. The monoisotopic (exact) mass is 234 g/mol. The number of nitrogens with zero attached hydrogens (tertiary/aromatic N) is 2. The van der Waals surface area contributed by atoms with E-state index in [2.05, 4.69) is 34.4 Å². The van der Waals surface area contributed by atoms with E-state index in [0.717, 1.165) is 23.5 Å². The number of nitrogens with one attached hydrogen (secondary N) is 2. The van der Waals surface area contributed by atoms with E-state index >= 15 is 0 Å². The molecule has 4 heteroatoms. The Labute approximate surface area is 103 Å². The third-order valence-corrected chi connectivity index (χ3v) is 3.45. The Balaban J connectivity index is 1.99. The first-order valence-corrected chi connectivity index (χ1v) is 6.43. The first-order chi connectivity index (χ1) is 8.17. The van der Waals surface area contributed by atoms with Crippen molar-refractivity contribution in [2.75, 3.05) is 17.7 Å². The Morgan fingerprint density at radius 1 is 1.06 bits per heavy atom. The van der Waals surface area contributed by atoms with Crippen molar-refractivity contribution in [1.82, 2.24) is 9.97 Å². The van der Waals surface area contributed by atoms with Crippen LogP contribution in [-0.2, 0) is 0 Å².